The number of carbonyl (C=O) groups excluding carboxylic acids is 1. The van der Waals surface area contributed by atoms with Gasteiger partial charge in [0.05, 0.1) is 15.5 Å². The molecular formula is C18H10ClIN2O4. The Morgan fingerprint density at radius 1 is 1.23 bits per heavy atom. The zero-order valence-electron chi connectivity index (χ0n) is 13.1. The number of nitro benzene ring substituents is 1. The van der Waals surface area contributed by atoms with Crippen molar-refractivity contribution in [1.29, 1.82) is 0 Å². The summed E-state index contributed by atoms with van der Waals surface area (Å²) in [4.78, 5) is 26.5. The summed E-state index contributed by atoms with van der Waals surface area (Å²) in [5, 5.41) is 11.2. The summed E-state index contributed by atoms with van der Waals surface area (Å²) in [6, 6.07) is 11.5. The number of halogens is 2. The van der Waals surface area contributed by atoms with Gasteiger partial charge in [-0.25, -0.2) is 9.79 Å². The van der Waals surface area contributed by atoms with E-state index in [4.69, 9.17) is 16.3 Å². The first-order valence-corrected chi connectivity index (χ1v) is 8.79. The van der Waals surface area contributed by atoms with Crippen molar-refractivity contribution in [3.8, 4) is 0 Å². The number of hydrogen-bond donors (Lipinski definition) is 0. The van der Waals surface area contributed by atoms with E-state index in [2.05, 4.69) is 27.6 Å². The van der Waals surface area contributed by atoms with Crippen LogP contribution in [0.4, 0.5) is 5.69 Å². The zero-order valence-corrected chi connectivity index (χ0v) is 16.0. The topological polar surface area (TPSA) is 81.8 Å². The highest BCUT2D eigenvalue weighted by molar-refractivity contribution is 14.1. The fourth-order valence-corrected chi connectivity index (χ4v) is 2.88. The zero-order chi connectivity index (χ0) is 18.7. The highest BCUT2D eigenvalue weighted by Gasteiger charge is 2.25. The molecule has 0 N–H and O–H groups in total. The molecule has 0 spiro atoms. The van der Waals surface area contributed by atoms with Crippen molar-refractivity contribution in [2.75, 3.05) is 0 Å². The van der Waals surface area contributed by atoms with E-state index in [1.807, 2.05) is 6.07 Å². The van der Waals surface area contributed by atoms with Crippen LogP contribution < -0.4 is 0 Å². The molecule has 0 aliphatic carbocycles. The fraction of sp³-hybridized carbons (Fsp3) is 0. The normalized spacial score (nSPS) is 15.4. The van der Waals surface area contributed by atoms with Crippen LogP contribution in [0.3, 0.4) is 0 Å². The lowest BCUT2D eigenvalue weighted by Gasteiger charge is -2.02. The molecule has 0 amide bonds. The van der Waals surface area contributed by atoms with Gasteiger partial charge in [0.2, 0.25) is 5.90 Å². The van der Waals surface area contributed by atoms with Gasteiger partial charge in [-0.3, -0.25) is 10.1 Å². The molecule has 1 aliphatic heterocycles. The molecule has 2 aromatic rings. The predicted octanol–water partition coefficient (Wildman–Crippen LogP) is 4.75. The Hall–Kier alpha value is -2.52. The maximum absolute atomic E-state index is 12.0. The minimum atomic E-state index is -0.585. The Balaban J connectivity index is 1.84. The van der Waals surface area contributed by atoms with E-state index in [0.29, 0.717) is 16.1 Å². The van der Waals surface area contributed by atoms with Crippen LogP contribution in [0.5, 0.6) is 0 Å². The summed E-state index contributed by atoms with van der Waals surface area (Å²) in [7, 11) is 0. The molecule has 3 rings (SSSR count). The van der Waals surface area contributed by atoms with Gasteiger partial charge in [-0.2, -0.15) is 0 Å². The SMILES string of the molecule is O=C1OC(c2cc(I)ccc2Cl)=NC1=CC=Cc1cccc([N+](=O)[O-])c1. The molecule has 130 valence electrons. The van der Waals surface area contributed by atoms with E-state index in [1.54, 1.807) is 36.4 Å². The van der Waals surface area contributed by atoms with Gasteiger partial charge in [-0.1, -0.05) is 35.9 Å². The molecule has 0 aromatic heterocycles. The minimum absolute atomic E-state index is 0.00583. The number of allylic oxidation sites excluding steroid dienone is 2. The van der Waals surface area contributed by atoms with E-state index in [0.717, 1.165) is 3.57 Å². The van der Waals surface area contributed by atoms with Crippen molar-refractivity contribution < 1.29 is 14.5 Å². The monoisotopic (exact) mass is 480 g/mol. The van der Waals surface area contributed by atoms with Crippen LogP contribution in [-0.2, 0) is 9.53 Å². The molecule has 0 fully saturated rings. The summed E-state index contributed by atoms with van der Waals surface area (Å²) in [5.74, 6) is -0.438. The number of nitrogens with zero attached hydrogens (tertiary/aromatic N) is 2. The molecule has 1 aliphatic rings. The van der Waals surface area contributed by atoms with Crippen molar-refractivity contribution >= 4 is 57.8 Å². The number of hydrogen-bond acceptors (Lipinski definition) is 5. The van der Waals surface area contributed by atoms with Crippen molar-refractivity contribution in [3.63, 3.8) is 0 Å². The summed E-state index contributed by atoms with van der Waals surface area (Å²) in [6.45, 7) is 0. The lowest BCUT2D eigenvalue weighted by Crippen LogP contribution is -2.06. The van der Waals surface area contributed by atoms with Gasteiger partial charge in [-0.15, -0.1) is 0 Å². The van der Waals surface area contributed by atoms with Gasteiger partial charge in [0, 0.05) is 15.7 Å². The highest BCUT2D eigenvalue weighted by Crippen LogP contribution is 2.24. The number of ether oxygens (including phenoxy) is 1. The van der Waals surface area contributed by atoms with Crippen molar-refractivity contribution in [2.45, 2.75) is 0 Å². The third-order valence-electron chi connectivity index (χ3n) is 3.40. The van der Waals surface area contributed by atoms with Crippen LogP contribution in [0.15, 0.2) is 65.3 Å². The summed E-state index contributed by atoms with van der Waals surface area (Å²) < 4.78 is 6.11. The van der Waals surface area contributed by atoms with Crippen LogP contribution in [0, 0.1) is 13.7 Å². The smallest absolute Gasteiger partial charge is 0.363 e. The second-order valence-corrected chi connectivity index (χ2v) is 6.85. The van der Waals surface area contributed by atoms with Gasteiger partial charge < -0.3 is 4.74 Å². The molecular weight excluding hydrogens is 471 g/mol. The number of esters is 1. The highest BCUT2D eigenvalue weighted by atomic mass is 127. The van der Waals surface area contributed by atoms with Crippen LogP contribution in [0.2, 0.25) is 5.02 Å². The molecule has 26 heavy (non-hydrogen) atoms. The minimum Gasteiger partial charge on any atom is -0.402 e. The molecule has 0 saturated carbocycles. The Bertz CT molecular complexity index is 998. The van der Waals surface area contributed by atoms with Gasteiger partial charge in [0.25, 0.3) is 5.69 Å². The van der Waals surface area contributed by atoms with Crippen LogP contribution in [-0.4, -0.2) is 16.8 Å². The second-order valence-electron chi connectivity index (χ2n) is 5.19. The average Bonchev–Trinajstić information content (AvgIpc) is 2.98. The molecule has 8 heteroatoms. The lowest BCUT2D eigenvalue weighted by atomic mass is 10.2. The van der Waals surface area contributed by atoms with Gasteiger partial charge in [-0.05, 0) is 52.4 Å². The Morgan fingerprint density at radius 3 is 2.81 bits per heavy atom. The van der Waals surface area contributed by atoms with E-state index in [9.17, 15) is 14.9 Å². The molecule has 0 saturated heterocycles. The number of rotatable bonds is 4. The number of carbonyl (C=O) groups is 1. The molecule has 0 unspecified atom stereocenters. The Morgan fingerprint density at radius 2 is 2.04 bits per heavy atom. The maximum Gasteiger partial charge on any atom is 0.363 e. The standard InChI is InChI=1S/C18H10ClIN2O4/c19-15-8-7-12(20)10-14(15)17-21-16(18(23)26-17)6-2-4-11-3-1-5-13(9-11)22(24)25/h1-10H. The first kappa shape index (κ1) is 18.3. The van der Waals surface area contributed by atoms with E-state index in [1.165, 1.54) is 18.2 Å². The molecule has 0 bridgehead atoms. The third kappa shape index (κ3) is 4.17. The van der Waals surface area contributed by atoms with Crippen molar-refractivity contribution in [3.05, 3.63) is 90.1 Å². The lowest BCUT2D eigenvalue weighted by molar-refractivity contribution is -0.384. The molecule has 0 atom stereocenters. The predicted molar refractivity (Wildman–Crippen MR) is 107 cm³/mol. The van der Waals surface area contributed by atoms with Crippen LogP contribution in [0.25, 0.3) is 6.08 Å². The van der Waals surface area contributed by atoms with E-state index in [-0.39, 0.29) is 17.3 Å². The van der Waals surface area contributed by atoms with E-state index < -0.39 is 10.9 Å². The van der Waals surface area contributed by atoms with Crippen LogP contribution in [0.1, 0.15) is 11.1 Å². The molecule has 0 radical (unpaired) electrons. The summed E-state index contributed by atoms with van der Waals surface area (Å²) >= 11 is 8.26. The first-order chi connectivity index (χ1) is 12.4. The molecule has 1 heterocycles. The maximum atomic E-state index is 12.0. The third-order valence-corrected chi connectivity index (χ3v) is 4.40. The second kappa shape index (κ2) is 7.79. The van der Waals surface area contributed by atoms with Crippen LogP contribution >= 0.6 is 34.2 Å². The summed E-state index contributed by atoms with van der Waals surface area (Å²) in [5.41, 5.74) is 1.29. The average molecular weight is 481 g/mol. The number of cyclic esters (lactones) is 1. The van der Waals surface area contributed by atoms with E-state index >= 15 is 0 Å². The van der Waals surface area contributed by atoms with Crippen molar-refractivity contribution in [1.82, 2.24) is 0 Å². The Labute approximate surface area is 167 Å². The number of aliphatic imine (C=N–C) groups is 1. The largest absolute Gasteiger partial charge is 0.402 e. The quantitative estimate of drug-likeness (QED) is 0.208. The van der Waals surface area contributed by atoms with Gasteiger partial charge >= 0.3 is 5.97 Å². The number of nitro groups is 1. The first-order valence-electron chi connectivity index (χ1n) is 7.33. The molecule has 2 aromatic carbocycles. The summed E-state index contributed by atoms with van der Waals surface area (Å²) in [6.07, 6.45) is 4.70. The number of benzene rings is 2. The van der Waals surface area contributed by atoms with Gasteiger partial charge in [0.15, 0.2) is 5.70 Å². The van der Waals surface area contributed by atoms with Crippen molar-refractivity contribution in [2.24, 2.45) is 4.99 Å². The number of non-ortho nitro benzene ring substituents is 1. The Kier molecular flexibility index (Phi) is 5.48. The fourth-order valence-electron chi connectivity index (χ4n) is 2.19. The molecule has 6 nitrogen and oxygen atoms in total. The van der Waals surface area contributed by atoms with Gasteiger partial charge in [0.1, 0.15) is 0 Å².